The summed E-state index contributed by atoms with van der Waals surface area (Å²) in [6.45, 7) is 2.62. The second-order valence-corrected chi connectivity index (χ2v) is 3.47. The first-order chi connectivity index (χ1) is 7.72. The van der Waals surface area contributed by atoms with Crippen molar-refractivity contribution in [3.05, 3.63) is 36.2 Å². The van der Waals surface area contributed by atoms with Crippen molar-refractivity contribution >= 4 is 11.6 Å². The number of hydrogen-bond acceptors (Lipinski definition) is 3. The van der Waals surface area contributed by atoms with Crippen LogP contribution in [0, 0.1) is 0 Å². The average molecular weight is 219 g/mol. The van der Waals surface area contributed by atoms with Gasteiger partial charge in [-0.05, 0) is 25.5 Å². The number of carbonyl (C=O) groups excluding carboxylic acids is 1. The van der Waals surface area contributed by atoms with Crippen LogP contribution < -0.4 is 11.1 Å². The molecular formula is C12H17N3O. The largest absolute Gasteiger partial charge is 0.397 e. The Hall–Kier alpha value is -1.84. The van der Waals surface area contributed by atoms with Gasteiger partial charge in [0.2, 0.25) is 5.91 Å². The van der Waals surface area contributed by atoms with E-state index in [9.17, 15) is 4.79 Å². The molecule has 1 heterocycles. The molecule has 0 saturated carbocycles. The molecule has 0 aliphatic rings. The predicted molar refractivity (Wildman–Crippen MR) is 64.8 cm³/mol. The van der Waals surface area contributed by atoms with Gasteiger partial charge in [0.15, 0.2) is 0 Å². The van der Waals surface area contributed by atoms with E-state index in [1.165, 1.54) is 0 Å². The summed E-state index contributed by atoms with van der Waals surface area (Å²) in [6.07, 6.45) is 6.70. The SMILES string of the molecule is C/C=C/CCNC(=O)Cc1ccc(N)cn1. The molecule has 0 aliphatic carbocycles. The highest BCUT2D eigenvalue weighted by Gasteiger charge is 2.02. The highest BCUT2D eigenvalue weighted by atomic mass is 16.1. The van der Waals surface area contributed by atoms with Crippen molar-refractivity contribution in [2.75, 3.05) is 12.3 Å². The molecule has 0 saturated heterocycles. The van der Waals surface area contributed by atoms with E-state index in [1.807, 2.05) is 19.1 Å². The number of amides is 1. The molecule has 0 atom stereocenters. The van der Waals surface area contributed by atoms with Gasteiger partial charge in [0.05, 0.1) is 18.3 Å². The Morgan fingerprint density at radius 3 is 3.00 bits per heavy atom. The van der Waals surface area contributed by atoms with Crippen molar-refractivity contribution in [3.8, 4) is 0 Å². The number of nitrogens with zero attached hydrogens (tertiary/aromatic N) is 1. The molecule has 4 heteroatoms. The number of hydrogen-bond donors (Lipinski definition) is 2. The molecule has 1 rings (SSSR count). The van der Waals surface area contributed by atoms with Crippen molar-refractivity contribution in [3.63, 3.8) is 0 Å². The molecule has 0 spiro atoms. The molecule has 0 aromatic carbocycles. The van der Waals surface area contributed by atoms with Crippen molar-refractivity contribution in [2.45, 2.75) is 19.8 Å². The van der Waals surface area contributed by atoms with E-state index in [0.29, 0.717) is 18.7 Å². The van der Waals surface area contributed by atoms with Gasteiger partial charge < -0.3 is 11.1 Å². The molecule has 1 amide bonds. The van der Waals surface area contributed by atoms with Gasteiger partial charge in [-0.25, -0.2) is 0 Å². The van der Waals surface area contributed by atoms with Crippen LogP contribution in [-0.2, 0) is 11.2 Å². The Balaban J connectivity index is 2.31. The summed E-state index contributed by atoms with van der Waals surface area (Å²) in [4.78, 5) is 15.5. The molecule has 0 bridgehead atoms. The first kappa shape index (κ1) is 12.2. The fraction of sp³-hybridized carbons (Fsp3) is 0.333. The quantitative estimate of drug-likeness (QED) is 0.579. The molecule has 3 N–H and O–H groups in total. The van der Waals surface area contributed by atoms with Gasteiger partial charge in [-0.3, -0.25) is 9.78 Å². The summed E-state index contributed by atoms with van der Waals surface area (Å²) in [5.41, 5.74) is 6.84. The molecule has 1 aromatic rings. The van der Waals surface area contributed by atoms with Crippen LogP contribution >= 0.6 is 0 Å². The van der Waals surface area contributed by atoms with Gasteiger partial charge >= 0.3 is 0 Å². The van der Waals surface area contributed by atoms with Crippen molar-refractivity contribution in [1.29, 1.82) is 0 Å². The van der Waals surface area contributed by atoms with E-state index in [-0.39, 0.29) is 5.91 Å². The van der Waals surface area contributed by atoms with Crippen molar-refractivity contribution in [2.24, 2.45) is 0 Å². The summed E-state index contributed by atoms with van der Waals surface area (Å²) in [5, 5.41) is 2.82. The standard InChI is InChI=1S/C12H17N3O/c1-2-3-4-7-14-12(16)8-11-6-5-10(13)9-15-11/h2-3,5-6,9H,4,7-8,13H2,1H3,(H,14,16)/b3-2+. The molecule has 0 aliphatic heterocycles. The third-order valence-electron chi connectivity index (χ3n) is 2.06. The maximum atomic E-state index is 11.5. The molecule has 0 fully saturated rings. The van der Waals surface area contributed by atoms with Crippen LogP contribution in [0.5, 0.6) is 0 Å². The molecule has 4 nitrogen and oxygen atoms in total. The van der Waals surface area contributed by atoms with Crippen LogP contribution in [0.25, 0.3) is 0 Å². The topological polar surface area (TPSA) is 68.0 Å². The first-order valence-corrected chi connectivity index (χ1v) is 5.30. The second kappa shape index (κ2) is 6.61. The summed E-state index contributed by atoms with van der Waals surface area (Å²) < 4.78 is 0. The Bertz CT molecular complexity index is 357. The van der Waals surface area contributed by atoms with Crippen molar-refractivity contribution < 1.29 is 4.79 Å². The van der Waals surface area contributed by atoms with Crippen molar-refractivity contribution in [1.82, 2.24) is 10.3 Å². The zero-order valence-electron chi connectivity index (χ0n) is 9.44. The van der Waals surface area contributed by atoms with E-state index in [4.69, 9.17) is 5.73 Å². The van der Waals surface area contributed by atoms with E-state index >= 15 is 0 Å². The van der Waals surface area contributed by atoms with Crippen LogP contribution in [0.3, 0.4) is 0 Å². The summed E-state index contributed by atoms with van der Waals surface area (Å²) in [6, 6.07) is 3.51. The number of carbonyl (C=O) groups is 1. The zero-order valence-corrected chi connectivity index (χ0v) is 9.44. The Labute approximate surface area is 95.6 Å². The highest BCUT2D eigenvalue weighted by molar-refractivity contribution is 5.78. The summed E-state index contributed by atoms with van der Waals surface area (Å²) in [7, 11) is 0. The van der Waals surface area contributed by atoms with Gasteiger partial charge in [-0.15, -0.1) is 0 Å². The van der Waals surface area contributed by atoms with Gasteiger partial charge in [-0.1, -0.05) is 12.2 Å². The van der Waals surface area contributed by atoms with Crippen LogP contribution in [0.4, 0.5) is 5.69 Å². The number of nitrogen functional groups attached to an aromatic ring is 1. The fourth-order valence-corrected chi connectivity index (χ4v) is 1.23. The molecule has 0 unspecified atom stereocenters. The van der Waals surface area contributed by atoms with Crippen LogP contribution in [-0.4, -0.2) is 17.4 Å². The van der Waals surface area contributed by atoms with Crippen LogP contribution in [0.2, 0.25) is 0 Å². The zero-order chi connectivity index (χ0) is 11.8. The third-order valence-corrected chi connectivity index (χ3v) is 2.06. The van der Waals surface area contributed by atoms with Gasteiger partial charge in [-0.2, -0.15) is 0 Å². The number of nitrogens with two attached hydrogens (primary N) is 1. The molecule has 86 valence electrons. The summed E-state index contributed by atoms with van der Waals surface area (Å²) in [5.74, 6) is -0.0122. The number of pyridine rings is 1. The lowest BCUT2D eigenvalue weighted by molar-refractivity contribution is -0.120. The van der Waals surface area contributed by atoms with E-state index < -0.39 is 0 Å². The molecule has 0 radical (unpaired) electrons. The minimum atomic E-state index is -0.0122. The maximum absolute atomic E-state index is 11.5. The Kier molecular flexibility index (Phi) is 5.05. The highest BCUT2D eigenvalue weighted by Crippen LogP contribution is 2.01. The third kappa shape index (κ3) is 4.59. The van der Waals surface area contributed by atoms with Crippen LogP contribution in [0.15, 0.2) is 30.5 Å². The lowest BCUT2D eigenvalue weighted by Crippen LogP contribution is -2.26. The minimum Gasteiger partial charge on any atom is -0.397 e. The average Bonchev–Trinajstić information content (AvgIpc) is 2.28. The Morgan fingerprint density at radius 2 is 2.38 bits per heavy atom. The lowest BCUT2D eigenvalue weighted by Gasteiger charge is -2.03. The van der Waals surface area contributed by atoms with E-state index in [0.717, 1.165) is 12.1 Å². The first-order valence-electron chi connectivity index (χ1n) is 5.30. The van der Waals surface area contributed by atoms with Gasteiger partial charge in [0.1, 0.15) is 0 Å². The number of anilines is 1. The minimum absolute atomic E-state index is 0.0122. The number of nitrogens with one attached hydrogen (secondary N) is 1. The predicted octanol–water partition coefficient (Wildman–Crippen LogP) is 1.29. The maximum Gasteiger partial charge on any atom is 0.226 e. The smallest absolute Gasteiger partial charge is 0.226 e. The molecule has 16 heavy (non-hydrogen) atoms. The second-order valence-electron chi connectivity index (χ2n) is 3.47. The van der Waals surface area contributed by atoms with Gasteiger partial charge in [0.25, 0.3) is 0 Å². The fourth-order valence-electron chi connectivity index (χ4n) is 1.23. The van der Waals surface area contributed by atoms with E-state index in [1.54, 1.807) is 18.3 Å². The number of rotatable bonds is 5. The van der Waals surface area contributed by atoms with Gasteiger partial charge in [0, 0.05) is 12.2 Å². The Morgan fingerprint density at radius 1 is 1.56 bits per heavy atom. The van der Waals surface area contributed by atoms with Crippen LogP contribution in [0.1, 0.15) is 19.0 Å². The lowest BCUT2D eigenvalue weighted by atomic mass is 10.2. The molecular weight excluding hydrogens is 202 g/mol. The molecule has 1 aromatic heterocycles. The summed E-state index contributed by atoms with van der Waals surface area (Å²) >= 11 is 0. The monoisotopic (exact) mass is 219 g/mol. The normalized spacial score (nSPS) is 10.6. The number of aromatic nitrogens is 1. The van der Waals surface area contributed by atoms with E-state index in [2.05, 4.69) is 10.3 Å². The number of allylic oxidation sites excluding steroid dienone is 1.